The normalized spacial score (nSPS) is 22.9. The van der Waals surface area contributed by atoms with Gasteiger partial charge in [-0.15, -0.1) is 0 Å². The van der Waals surface area contributed by atoms with Crippen molar-refractivity contribution >= 4 is 17.9 Å². The standard InChI is InChI=1S/C24H26O9/c1-15(25)31-19-18(20(23(27)28-2)32-22(26)17-12-8-5-9-13-17)33-24(29-3)21(19)30-14-16-10-6-4-7-11-16/h4-13,18-21,24H,14H2,1-3H3/t18-,19+,20+,21+,24+/m0/s1. The van der Waals surface area contributed by atoms with Crippen molar-refractivity contribution in [3.63, 3.8) is 0 Å². The summed E-state index contributed by atoms with van der Waals surface area (Å²) in [7, 11) is 2.54. The second-order valence-corrected chi connectivity index (χ2v) is 7.26. The van der Waals surface area contributed by atoms with Gasteiger partial charge in [0.25, 0.3) is 0 Å². The summed E-state index contributed by atoms with van der Waals surface area (Å²) in [6.45, 7) is 1.39. The Morgan fingerprint density at radius 3 is 2.15 bits per heavy atom. The van der Waals surface area contributed by atoms with E-state index in [-0.39, 0.29) is 12.2 Å². The molecule has 0 N–H and O–H groups in total. The monoisotopic (exact) mass is 458 g/mol. The third kappa shape index (κ3) is 6.16. The Hall–Kier alpha value is -3.27. The largest absolute Gasteiger partial charge is 0.466 e. The number of esters is 3. The molecule has 1 heterocycles. The maximum atomic E-state index is 12.6. The highest BCUT2D eigenvalue weighted by Crippen LogP contribution is 2.32. The quantitative estimate of drug-likeness (QED) is 0.413. The molecule has 2 aromatic rings. The van der Waals surface area contributed by atoms with Crippen molar-refractivity contribution in [3.8, 4) is 0 Å². The Balaban J connectivity index is 1.86. The second-order valence-electron chi connectivity index (χ2n) is 7.26. The molecular weight excluding hydrogens is 432 g/mol. The fourth-order valence-electron chi connectivity index (χ4n) is 3.47. The van der Waals surface area contributed by atoms with Crippen molar-refractivity contribution in [3.05, 3.63) is 71.8 Å². The molecule has 0 saturated carbocycles. The first-order chi connectivity index (χ1) is 15.9. The van der Waals surface area contributed by atoms with Gasteiger partial charge >= 0.3 is 17.9 Å². The van der Waals surface area contributed by atoms with Gasteiger partial charge in [-0.1, -0.05) is 48.5 Å². The number of methoxy groups -OCH3 is 2. The molecule has 1 saturated heterocycles. The zero-order valence-electron chi connectivity index (χ0n) is 18.5. The van der Waals surface area contributed by atoms with E-state index >= 15 is 0 Å². The van der Waals surface area contributed by atoms with Crippen LogP contribution < -0.4 is 0 Å². The summed E-state index contributed by atoms with van der Waals surface area (Å²) in [5, 5.41) is 0. The maximum absolute atomic E-state index is 12.6. The average Bonchev–Trinajstić information content (AvgIpc) is 3.17. The summed E-state index contributed by atoms with van der Waals surface area (Å²) in [6, 6.07) is 17.5. The van der Waals surface area contributed by atoms with Gasteiger partial charge in [-0.2, -0.15) is 0 Å². The van der Waals surface area contributed by atoms with Crippen molar-refractivity contribution in [1.82, 2.24) is 0 Å². The number of carbonyl (C=O) groups is 3. The van der Waals surface area contributed by atoms with Crippen molar-refractivity contribution in [2.45, 2.75) is 44.2 Å². The molecule has 1 aliphatic rings. The Morgan fingerprint density at radius 1 is 0.939 bits per heavy atom. The third-order valence-electron chi connectivity index (χ3n) is 5.00. The predicted octanol–water partition coefficient (Wildman–Crippen LogP) is 2.27. The third-order valence-corrected chi connectivity index (χ3v) is 5.00. The average molecular weight is 458 g/mol. The van der Waals surface area contributed by atoms with E-state index in [1.165, 1.54) is 14.0 Å². The summed E-state index contributed by atoms with van der Waals surface area (Å²) < 4.78 is 32.9. The lowest BCUT2D eigenvalue weighted by Gasteiger charge is -2.27. The van der Waals surface area contributed by atoms with Gasteiger partial charge in [0, 0.05) is 14.0 Å². The van der Waals surface area contributed by atoms with Gasteiger partial charge < -0.3 is 28.4 Å². The molecule has 9 heteroatoms. The van der Waals surface area contributed by atoms with Gasteiger partial charge in [0.05, 0.1) is 19.3 Å². The molecule has 0 bridgehead atoms. The lowest BCUT2D eigenvalue weighted by Crippen LogP contribution is -2.48. The highest BCUT2D eigenvalue weighted by atomic mass is 16.7. The lowest BCUT2D eigenvalue weighted by molar-refractivity contribution is -0.185. The molecule has 1 fully saturated rings. The molecule has 2 aromatic carbocycles. The van der Waals surface area contributed by atoms with Crippen LogP contribution in [0.5, 0.6) is 0 Å². The van der Waals surface area contributed by atoms with Gasteiger partial charge in [-0.3, -0.25) is 4.79 Å². The van der Waals surface area contributed by atoms with Gasteiger partial charge in [-0.05, 0) is 17.7 Å². The van der Waals surface area contributed by atoms with Crippen LogP contribution in [0, 0.1) is 0 Å². The second kappa shape index (κ2) is 11.6. The Labute approximate surface area is 191 Å². The first kappa shape index (κ1) is 24.4. The number of hydrogen-bond donors (Lipinski definition) is 0. The number of ether oxygens (including phenoxy) is 6. The van der Waals surface area contributed by atoms with Crippen LogP contribution in [-0.2, 0) is 44.6 Å². The van der Waals surface area contributed by atoms with E-state index in [4.69, 9.17) is 28.4 Å². The van der Waals surface area contributed by atoms with E-state index in [9.17, 15) is 14.4 Å². The summed E-state index contributed by atoms with van der Waals surface area (Å²) >= 11 is 0. The van der Waals surface area contributed by atoms with Gasteiger partial charge in [-0.25, -0.2) is 9.59 Å². The minimum absolute atomic E-state index is 0.173. The topological polar surface area (TPSA) is 107 Å². The number of rotatable bonds is 9. The fourth-order valence-corrected chi connectivity index (χ4v) is 3.47. The van der Waals surface area contributed by atoms with Crippen molar-refractivity contribution in [2.75, 3.05) is 14.2 Å². The van der Waals surface area contributed by atoms with Gasteiger partial charge in [0.15, 0.2) is 12.4 Å². The molecule has 0 spiro atoms. The van der Waals surface area contributed by atoms with Crippen molar-refractivity contribution in [2.24, 2.45) is 0 Å². The zero-order valence-corrected chi connectivity index (χ0v) is 18.5. The first-order valence-corrected chi connectivity index (χ1v) is 10.3. The molecule has 3 rings (SSSR count). The molecule has 176 valence electrons. The minimum atomic E-state index is -1.53. The predicted molar refractivity (Wildman–Crippen MR) is 114 cm³/mol. The Kier molecular flexibility index (Phi) is 8.53. The van der Waals surface area contributed by atoms with Crippen LogP contribution in [0.2, 0.25) is 0 Å². The molecule has 1 aliphatic heterocycles. The van der Waals surface area contributed by atoms with E-state index in [2.05, 4.69) is 0 Å². The fraction of sp³-hybridized carbons (Fsp3) is 0.375. The van der Waals surface area contributed by atoms with Crippen LogP contribution in [0.3, 0.4) is 0 Å². The molecule has 0 aromatic heterocycles. The van der Waals surface area contributed by atoms with Crippen LogP contribution in [0.25, 0.3) is 0 Å². The summed E-state index contributed by atoms with van der Waals surface area (Å²) in [4.78, 5) is 37.1. The molecule has 0 aliphatic carbocycles. The van der Waals surface area contributed by atoms with Crippen LogP contribution >= 0.6 is 0 Å². The Morgan fingerprint density at radius 2 is 1.58 bits per heavy atom. The SMILES string of the molecule is COC(=O)[C@H](OC(=O)c1ccccc1)[C@H]1O[C@@H](OC)[C@H](OCc2ccccc2)[C@@H]1OC(C)=O. The van der Waals surface area contributed by atoms with E-state index < -0.39 is 48.6 Å². The molecular formula is C24H26O9. The van der Waals surface area contributed by atoms with Gasteiger partial charge in [0.1, 0.15) is 12.2 Å². The highest BCUT2D eigenvalue weighted by Gasteiger charge is 2.54. The molecule has 5 atom stereocenters. The Bertz CT molecular complexity index is 931. The van der Waals surface area contributed by atoms with Crippen LogP contribution in [0.4, 0.5) is 0 Å². The number of benzene rings is 2. The van der Waals surface area contributed by atoms with E-state index in [1.54, 1.807) is 30.3 Å². The van der Waals surface area contributed by atoms with Crippen LogP contribution in [0.15, 0.2) is 60.7 Å². The molecule has 33 heavy (non-hydrogen) atoms. The van der Waals surface area contributed by atoms with E-state index in [1.807, 2.05) is 30.3 Å². The maximum Gasteiger partial charge on any atom is 0.350 e. The summed E-state index contributed by atoms with van der Waals surface area (Å²) in [5.74, 6) is -2.27. The highest BCUT2D eigenvalue weighted by molar-refractivity contribution is 5.91. The van der Waals surface area contributed by atoms with Gasteiger partial charge in [0.2, 0.25) is 6.10 Å². The smallest absolute Gasteiger partial charge is 0.350 e. The van der Waals surface area contributed by atoms with Crippen molar-refractivity contribution < 1.29 is 42.8 Å². The summed E-state index contributed by atoms with van der Waals surface area (Å²) in [5.41, 5.74) is 1.10. The van der Waals surface area contributed by atoms with Crippen LogP contribution in [-0.4, -0.2) is 62.8 Å². The summed E-state index contributed by atoms with van der Waals surface area (Å²) in [6.07, 6.45) is -5.75. The van der Waals surface area contributed by atoms with Crippen molar-refractivity contribution in [1.29, 1.82) is 0 Å². The lowest BCUT2D eigenvalue weighted by atomic mass is 10.0. The minimum Gasteiger partial charge on any atom is -0.466 e. The molecule has 0 amide bonds. The number of carbonyl (C=O) groups excluding carboxylic acids is 3. The van der Waals surface area contributed by atoms with Crippen LogP contribution in [0.1, 0.15) is 22.8 Å². The molecule has 9 nitrogen and oxygen atoms in total. The number of hydrogen-bond acceptors (Lipinski definition) is 9. The van der Waals surface area contributed by atoms with E-state index in [0.717, 1.165) is 12.7 Å². The van der Waals surface area contributed by atoms with E-state index in [0.29, 0.717) is 0 Å². The molecule has 0 radical (unpaired) electrons. The first-order valence-electron chi connectivity index (χ1n) is 10.3. The molecule has 0 unspecified atom stereocenters. The zero-order chi connectivity index (χ0) is 23.8.